The Morgan fingerprint density at radius 2 is 2.06 bits per heavy atom. The molecule has 0 aliphatic carbocycles. The first-order chi connectivity index (χ1) is 8.26. The van der Waals surface area contributed by atoms with Gasteiger partial charge in [0.1, 0.15) is 6.54 Å². The molecule has 0 fully saturated rings. The summed E-state index contributed by atoms with van der Waals surface area (Å²) in [4.78, 5) is 11.8. The minimum Gasteiger partial charge on any atom is -0.350 e. The summed E-state index contributed by atoms with van der Waals surface area (Å²) in [5.41, 5.74) is 1.03. The first kappa shape index (κ1) is 14.8. The molecule has 0 aliphatic rings. The van der Waals surface area contributed by atoms with Crippen LogP contribution in [0.25, 0.3) is 0 Å². The highest BCUT2D eigenvalue weighted by molar-refractivity contribution is 5.76. The molecule has 0 atom stereocenters. The maximum Gasteiger partial charge on any atom is 0.240 e. The van der Waals surface area contributed by atoms with Crippen LogP contribution in [0.2, 0.25) is 0 Å². The van der Waals surface area contributed by atoms with Crippen LogP contribution >= 0.6 is 0 Å². The minimum atomic E-state index is -0.174. The number of aromatic nitrogens is 1. The molecule has 1 rings (SSSR count). The van der Waals surface area contributed by atoms with Gasteiger partial charge in [-0.15, -0.1) is 0 Å². The number of hydrogen-bond donors (Lipinski definition) is 2. The van der Waals surface area contributed by atoms with Gasteiger partial charge in [-0.1, -0.05) is 13.8 Å². The van der Waals surface area contributed by atoms with E-state index in [2.05, 4.69) is 24.5 Å². The van der Waals surface area contributed by atoms with Gasteiger partial charge in [-0.3, -0.25) is 4.79 Å². The summed E-state index contributed by atoms with van der Waals surface area (Å²) in [6.45, 7) is 11.4. The zero-order valence-electron chi connectivity index (χ0n) is 12.1. The van der Waals surface area contributed by atoms with E-state index in [-0.39, 0.29) is 11.4 Å². The lowest BCUT2D eigenvalue weighted by Crippen LogP contribution is -2.42. The molecule has 0 unspecified atom stereocenters. The Hall–Kier alpha value is -1.29. The van der Waals surface area contributed by atoms with Crippen LogP contribution in [0.5, 0.6) is 0 Å². The van der Waals surface area contributed by atoms with E-state index in [0.29, 0.717) is 12.6 Å². The molecule has 1 aromatic heterocycles. The fourth-order valence-electron chi connectivity index (χ4n) is 1.64. The smallest absolute Gasteiger partial charge is 0.240 e. The third kappa shape index (κ3) is 5.87. The number of nitrogens with zero attached hydrogens (tertiary/aromatic N) is 1. The van der Waals surface area contributed by atoms with Crippen LogP contribution in [-0.4, -0.2) is 22.1 Å². The van der Waals surface area contributed by atoms with Crippen LogP contribution in [0, 0.1) is 0 Å². The van der Waals surface area contributed by atoms with Crippen molar-refractivity contribution in [2.75, 3.05) is 0 Å². The second-order valence-corrected chi connectivity index (χ2v) is 6.03. The average molecular weight is 251 g/mol. The molecule has 4 nitrogen and oxygen atoms in total. The van der Waals surface area contributed by atoms with E-state index in [1.807, 2.05) is 43.8 Å². The van der Waals surface area contributed by atoms with Crippen molar-refractivity contribution >= 4 is 5.91 Å². The molecule has 0 saturated heterocycles. The largest absolute Gasteiger partial charge is 0.350 e. The summed E-state index contributed by atoms with van der Waals surface area (Å²) in [6.07, 6.45) is 3.96. The van der Waals surface area contributed by atoms with Crippen molar-refractivity contribution < 1.29 is 4.79 Å². The van der Waals surface area contributed by atoms with Gasteiger partial charge in [0.05, 0.1) is 0 Å². The molecule has 2 N–H and O–H groups in total. The molecule has 0 aromatic carbocycles. The maximum atomic E-state index is 11.8. The highest BCUT2D eigenvalue weighted by Gasteiger charge is 2.13. The second kappa shape index (κ2) is 6.05. The lowest BCUT2D eigenvalue weighted by atomic mass is 10.1. The monoisotopic (exact) mass is 251 g/mol. The van der Waals surface area contributed by atoms with Crippen molar-refractivity contribution in [1.82, 2.24) is 15.2 Å². The van der Waals surface area contributed by atoms with Crippen LogP contribution in [-0.2, 0) is 17.9 Å². The van der Waals surface area contributed by atoms with E-state index in [4.69, 9.17) is 0 Å². The van der Waals surface area contributed by atoms with Gasteiger partial charge in [-0.2, -0.15) is 0 Å². The Balaban J connectivity index is 2.46. The van der Waals surface area contributed by atoms with Gasteiger partial charge in [0.2, 0.25) is 5.91 Å². The molecular formula is C14H25N3O. The maximum absolute atomic E-state index is 11.8. The van der Waals surface area contributed by atoms with Gasteiger partial charge in [-0.05, 0) is 32.4 Å². The van der Waals surface area contributed by atoms with E-state index in [1.54, 1.807) is 0 Å². The molecule has 102 valence electrons. The number of nitrogens with one attached hydrogen (secondary N) is 2. The summed E-state index contributed by atoms with van der Waals surface area (Å²) in [6, 6.07) is 2.51. The first-order valence-corrected chi connectivity index (χ1v) is 6.45. The molecule has 18 heavy (non-hydrogen) atoms. The summed E-state index contributed by atoms with van der Waals surface area (Å²) < 4.78 is 1.92. The third-order valence-corrected chi connectivity index (χ3v) is 2.37. The van der Waals surface area contributed by atoms with Gasteiger partial charge in [0.25, 0.3) is 0 Å². The average Bonchev–Trinajstić information content (AvgIpc) is 2.59. The lowest BCUT2D eigenvalue weighted by Gasteiger charge is -2.20. The van der Waals surface area contributed by atoms with Crippen LogP contribution in [0.4, 0.5) is 0 Å². The first-order valence-electron chi connectivity index (χ1n) is 6.45. The second-order valence-electron chi connectivity index (χ2n) is 6.03. The fourth-order valence-corrected chi connectivity index (χ4v) is 1.64. The third-order valence-electron chi connectivity index (χ3n) is 2.37. The molecule has 0 aliphatic heterocycles. The number of amides is 1. The standard InChI is InChI=1S/C14H25N3O/c1-11(2)15-8-12-6-7-17(9-12)10-13(18)16-14(3,4)5/h6-7,9,11,15H,8,10H2,1-5H3,(H,16,18). The van der Waals surface area contributed by atoms with Crippen LogP contribution in [0.15, 0.2) is 18.5 Å². The Morgan fingerprint density at radius 3 is 2.61 bits per heavy atom. The van der Waals surface area contributed by atoms with Crippen molar-refractivity contribution in [3.8, 4) is 0 Å². The highest BCUT2D eigenvalue weighted by atomic mass is 16.2. The topological polar surface area (TPSA) is 46.1 Å². The summed E-state index contributed by atoms with van der Waals surface area (Å²) >= 11 is 0. The molecular weight excluding hydrogens is 226 g/mol. The van der Waals surface area contributed by atoms with Crippen LogP contribution < -0.4 is 10.6 Å². The molecule has 1 heterocycles. The van der Waals surface area contributed by atoms with E-state index in [1.165, 1.54) is 5.56 Å². The number of carbonyl (C=O) groups excluding carboxylic acids is 1. The lowest BCUT2D eigenvalue weighted by molar-refractivity contribution is -0.123. The van der Waals surface area contributed by atoms with Gasteiger partial charge in [0.15, 0.2) is 0 Å². The van der Waals surface area contributed by atoms with Crippen molar-refractivity contribution in [2.45, 2.75) is 59.3 Å². The Kier molecular flexibility index (Phi) is 4.96. The Bertz CT molecular complexity index is 388. The molecule has 1 amide bonds. The summed E-state index contributed by atoms with van der Waals surface area (Å²) in [7, 11) is 0. The van der Waals surface area contributed by atoms with E-state index in [0.717, 1.165) is 6.54 Å². The van der Waals surface area contributed by atoms with E-state index < -0.39 is 0 Å². The molecule has 0 saturated carbocycles. The van der Waals surface area contributed by atoms with Crippen LogP contribution in [0.3, 0.4) is 0 Å². The van der Waals surface area contributed by atoms with Crippen molar-refractivity contribution in [3.05, 3.63) is 24.0 Å². The number of hydrogen-bond acceptors (Lipinski definition) is 2. The fraction of sp³-hybridized carbons (Fsp3) is 0.643. The van der Waals surface area contributed by atoms with Gasteiger partial charge >= 0.3 is 0 Å². The summed E-state index contributed by atoms with van der Waals surface area (Å²) in [5.74, 6) is 0.0430. The van der Waals surface area contributed by atoms with Crippen molar-refractivity contribution in [3.63, 3.8) is 0 Å². The van der Waals surface area contributed by atoms with E-state index >= 15 is 0 Å². The zero-order valence-corrected chi connectivity index (χ0v) is 12.1. The number of carbonyl (C=O) groups is 1. The molecule has 1 aromatic rings. The molecule has 0 spiro atoms. The molecule has 0 radical (unpaired) electrons. The Morgan fingerprint density at radius 1 is 1.39 bits per heavy atom. The van der Waals surface area contributed by atoms with Gasteiger partial charge in [-0.25, -0.2) is 0 Å². The normalized spacial score (nSPS) is 11.9. The number of rotatable bonds is 5. The Labute approximate surface area is 110 Å². The van der Waals surface area contributed by atoms with Crippen LogP contribution in [0.1, 0.15) is 40.2 Å². The SMILES string of the molecule is CC(C)NCc1ccn(CC(=O)NC(C)(C)C)c1. The van der Waals surface area contributed by atoms with Crippen molar-refractivity contribution in [2.24, 2.45) is 0 Å². The van der Waals surface area contributed by atoms with Crippen molar-refractivity contribution in [1.29, 1.82) is 0 Å². The highest BCUT2D eigenvalue weighted by Crippen LogP contribution is 2.03. The zero-order chi connectivity index (χ0) is 13.8. The van der Waals surface area contributed by atoms with Gasteiger partial charge < -0.3 is 15.2 Å². The van der Waals surface area contributed by atoms with Gasteiger partial charge in [0, 0.05) is 30.5 Å². The predicted molar refractivity (Wildman–Crippen MR) is 74.3 cm³/mol. The van der Waals surface area contributed by atoms with E-state index in [9.17, 15) is 4.79 Å². The summed E-state index contributed by atoms with van der Waals surface area (Å²) in [5, 5.41) is 6.30. The molecule has 4 heteroatoms. The molecule has 0 bridgehead atoms. The predicted octanol–water partition coefficient (Wildman–Crippen LogP) is 1.90. The minimum absolute atomic E-state index is 0.0430. The quantitative estimate of drug-likeness (QED) is 0.839.